The van der Waals surface area contributed by atoms with Gasteiger partial charge >= 0.3 is 5.97 Å². The first kappa shape index (κ1) is 14.7. The highest BCUT2D eigenvalue weighted by molar-refractivity contribution is 5.74. The molecule has 1 aromatic rings. The molecule has 100 valence electrons. The van der Waals surface area contributed by atoms with Crippen molar-refractivity contribution < 1.29 is 14.6 Å². The summed E-state index contributed by atoms with van der Waals surface area (Å²) in [6.07, 6.45) is 1.02. The third-order valence-electron chi connectivity index (χ3n) is 3.32. The van der Waals surface area contributed by atoms with Crippen LogP contribution in [0.25, 0.3) is 0 Å². The minimum Gasteiger partial charge on any atom is -0.466 e. The van der Waals surface area contributed by atoms with Crippen LogP contribution in [-0.4, -0.2) is 23.3 Å². The second-order valence-corrected chi connectivity index (χ2v) is 4.71. The summed E-state index contributed by atoms with van der Waals surface area (Å²) in [7, 11) is 0. The van der Waals surface area contributed by atoms with Crippen molar-refractivity contribution in [2.75, 3.05) is 6.61 Å². The smallest absolute Gasteiger partial charge is 0.312 e. The molecule has 3 nitrogen and oxygen atoms in total. The fraction of sp³-hybridized carbons (Fsp3) is 0.533. The van der Waals surface area contributed by atoms with Gasteiger partial charge < -0.3 is 9.84 Å². The summed E-state index contributed by atoms with van der Waals surface area (Å²) < 4.78 is 5.07. The standard InChI is InChI=1S/C15H22O3/c1-4-15(3,17)13(14(16)18-5-2)11-12-9-7-6-8-10-12/h6-10,13,17H,4-5,11H2,1-3H3/t13-,15?/m0/s1. The topological polar surface area (TPSA) is 46.5 Å². The minimum absolute atomic E-state index is 0.326. The van der Waals surface area contributed by atoms with Gasteiger partial charge in [-0.1, -0.05) is 37.3 Å². The Hall–Kier alpha value is -1.35. The van der Waals surface area contributed by atoms with Crippen molar-refractivity contribution >= 4 is 5.97 Å². The Morgan fingerprint density at radius 2 is 1.94 bits per heavy atom. The van der Waals surface area contributed by atoms with Crippen molar-refractivity contribution in [3.8, 4) is 0 Å². The fourth-order valence-electron chi connectivity index (χ4n) is 1.90. The molecule has 0 aromatic heterocycles. The average molecular weight is 250 g/mol. The van der Waals surface area contributed by atoms with Gasteiger partial charge in [0.25, 0.3) is 0 Å². The van der Waals surface area contributed by atoms with Crippen molar-refractivity contribution in [1.82, 2.24) is 0 Å². The van der Waals surface area contributed by atoms with Crippen LogP contribution in [0.1, 0.15) is 32.8 Å². The van der Waals surface area contributed by atoms with Gasteiger partial charge in [0, 0.05) is 0 Å². The number of aliphatic hydroxyl groups is 1. The average Bonchev–Trinajstić information content (AvgIpc) is 2.37. The van der Waals surface area contributed by atoms with Crippen LogP contribution in [0, 0.1) is 5.92 Å². The molecular formula is C15H22O3. The number of ether oxygens (including phenoxy) is 1. The molecule has 1 N–H and O–H groups in total. The molecule has 0 fully saturated rings. The van der Waals surface area contributed by atoms with Crippen LogP contribution in [-0.2, 0) is 16.0 Å². The summed E-state index contributed by atoms with van der Waals surface area (Å²) in [6.45, 7) is 5.68. The van der Waals surface area contributed by atoms with Gasteiger partial charge in [-0.05, 0) is 32.3 Å². The first-order chi connectivity index (χ1) is 8.51. The lowest BCUT2D eigenvalue weighted by Crippen LogP contribution is -2.41. The van der Waals surface area contributed by atoms with E-state index in [1.807, 2.05) is 37.3 Å². The molecule has 18 heavy (non-hydrogen) atoms. The van der Waals surface area contributed by atoms with Crippen LogP contribution in [0.5, 0.6) is 0 Å². The summed E-state index contributed by atoms with van der Waals surface area (Å²) in [5.74, 6) is -0.849. The summed E-state index contributed by atoms with van der Waals surface area (Å²) in [5, 5.41) is 10.3. The van der Waals surface area contributed by atoms with Gasteiger partial charge in [0.05, 0.1) is 18.1 Å². The second kappa shape index (κ2) is 6.55. The predicted molar refractivity (Wildman–Crippen MR) is 71.2 cm³/mol. The zero-order chi connectivity index (χ0) is 13.6. The van der Waals surface area contributed by atoms with Crippen molar-refractivity contribution in [3.05, 3.63) is 35.9 Å². The van der Waals surface area contributed by atoms with Gasteiger partial charge in [-0.2, -0.15) is 0 Å². The Labute approximate surface area is 109 Å². The number of hydrogen-bond donors (Lipinski definition) is 1. The maximum absolute atomic E-state index is 12.0. The largest absolute Gasteiger partial charge is 0.466 e. The van der Waals surface area contributed by atoms with E-state index in [2.05, 4.69) is 0 Å². The monoisotopic (exact) mass is 250 g/mol. The van der Waals surface area contributed by atoms with Crippen LogP contribution in [0.4, 0.5) is 0 Å². The van der Waals surface area contributed by atoms with Gasteiger partial charge in [-0.3, -0.25) is 4.79 Å². The van der Waals surface area contributed by atoms with Crippen LogP contribution in [0.3, 0.4) is 0 Å². The minimum atomic E-state index is -1.04. The third kappa shape index (κ3) is 3.84. The normalized spacial score (nSPS) is 15.8. The molecule has 3 heteroatoms. The van der Waals surface area contributed by atoms with Crippen LogP contribution < -0.4 is 0 Å². The molecular weight excluding hydrogens is 228 g/mol. The van der Waals surface area contributed by atoms with Crippen molar-refractivity contribution in [3.63, 3.8) is 0 Å². The lowest BCUT2D eigenvalue weighted by atomic mass is 9.82. The fourth-order valence-corrected chi connectivity index (χ4v) is 1.90. The van der Waals surface area contributed by atoms with E-state index in [0.717, 1.165) is 5.56 Å². The van der Waals surface area contributed by atoms with E-state index in [1.165, 1.54) is 0 Å². The molecule has 1 aromatic carbocycles. The number of benzene rings is 1. The first-order valence-electron chi connectivity index (χ1n) is 6.44. The van der Waals surface area contributed by atoms with E-state index in [1.54, 1.807) is 13.8 Å². The molecule has 0 saturated heterocycles. The molecule has 0 saturated carbocycles. The van der Waals surface area contributed by atoms with Gasteiger partial charge in [0.2, 0.25) is 0 Å². The summed E-state index contributed by atoms with van der Waals surface area (Å²) in [6, 6.07) is 9.70. The zero-order valence-electron chi connectivity index (χ0n) is 11.3. The molecule has 0 aliphatic heterocycles. The Morgan fingerprint density at radius 3 is 2.44 bits per heavy atom. The van der Waals surface area contributed by atoms with E-state index in [-0.39, 0.29) is 5.97 Å². The summed E-state index contributed by atoms with van der Waals surface area (Å²) >= 11 is 0. The Morgan fingerprint density at radius 1 is 1.33 bits per heavy atom. The number of esters is 1. The number of rotatable bonds is 6. The Balaban J connectivity index is 2.88. The molecule has 1 unspecified atom stereocenters. The summed E-state index contributed by atoms with van der Waals surface area (Å²) in [4.78, 5) is 12.0. The molecule has 0 aliphatic rings. The number of hydrogen-bond acceptors (Lipinski definition) is 3. The molecule has 0 spiro atoms. The van der Waals surface area contributed by atoms with Gasteiger partial charge in [0.15, 0.2) is 0 Å². The van der Waals surface area contributed by atoms with Crippen molar-refractivity contribution in [2.45, 2.75) is 39.2 Å². The summed E-state index contributed by atoms with van der Waals surface area (Å²) in [5.41, 5.74) is -0.00785. The molecule has 0 bridgehead atoms. The van der Waals surface area contributed by atoms with E-state index >= 15 is 0 Å². The van der Waals surface area contributed by atoms with E-state index < -0.39 is 11.5 Å². The molecule has 1 rings (SSSR count). The van der Waals surface area contributed by atoms with Crippen molar-refractivity contribution in [2.24, 2.45) is 5.92 Å². The third-order valence-corrected chi connectivity index (χ3v) is 3.32. The quantitative estimate of drug-likeness (QED) is 0.789. The van der Waals surface area contributed by atoms with Gasteiger partial charge in [-0.25, -0.2) is 0 Å². The lowest BCUT2D eigenvalue weighted by Gasteiger charge is -2.30. The Bertz CT molecular complexity index is 371. The SMILES string of the molecule is CCOC(=O)[C@H](Cc1ccccc1)C(C)(O)CC. The van der Waals surface area contributed by atoms with Crippen LogP contribution in [0.15, 0.2) is 30.3 Å². The van der Waals surface area contributed by atoms with Gasteiger partial charge in [-0.15, -0.1) is 0 Å². The Kier molecular flexibility index (Phi) is 5.35. The van der Waals surface area contributed by atoms with Crippen LogP contribution in [0.2, 0.25) is 0 Å². The van der Waals surface area contributed by atoms with Crippen LogP contribution >= 0.6 is 0 Å². The zero-order valence-corrected chi connectivity index (χ0v) is 11.3. The van der Waals surface area contributed by atoms with E-state index in [0.29, 0.717) is 19.4 Å². The molecule has 0 aliphatic carbocycles. The molecule has 0 amide bonds. The molecule has 0 heterocycles. The highest BCUT2D eigenvalue weighted by Gasteiger charge is 2.36. The van der Waals surface area contributed by atoms with E-state index in [9.17, 15) is 9.90 Å². The molecule has 0 radical (unpaired) electrons. The van der Waals surface area contributed by atoms with Crippen molar-refractivity contribution in [1.29, 1.82) is 0 Å². The second-order valence-electron chi connectivity index (χ2n) is 4.71. The number of carbonyl (C=O) groups is 1. The molecule has 2 atom stereocenters. The highest BCUT2D eigenvalue weighted by Crippen LogP contribution is 2.26. The maximum atomic E-state index is 12.0. The number of carbonyl (C=O) groups excluding carboxylic acids is 1. The van der Waals surface area contributed by atoms with E-state index in [4.69, 9.17) is 4.74 Å². The maximum Gasteiger partial charge on any atom is 0.312 e. The first-order valence-corrected chi connectivity index (χ1v) is 6.44. The van der Waals surface area contributed by atoms with Gasteiger partial charge in [0.1, 0.15) is 0 Å². The highest BCUT2D eigenvalue weighted by atomic mass is 16.5. The lowest BCUT2D eigenvalue weighted by molar-refractivity contribution is -0.157. The predicted octanol–water partition coefficient (Wildman–Crippen LogP) is 2.57.